The summed E-state index contributed by atoms with van der Waals surface area (Å²) in [5.41, 5.74) is 0.959. The lowest BCUT2D eigenvalue weighted by atomic mass is 9.87. The van der Waals surface area contributed by atoms with Gasteiger partial charge in [0.15, 0.2) is 9.84 Å². The normalized spacial score (nSPS) is 25.8. The minimum absolute atomic E-state index is 0.108. The van der Waals surface area contributed by atoms with Crippen LogP contribution >= 0.6 is 0 Å². The summed E-state index contributed by atoms with van der Waals surface area (Å²) in [6.07, 6.45) is 5.65. The van der Waals surface area contributed by atoms with E-state index in [0.29, 0.717) is 31.3 Å². The quantitative estimate of drug-likeness (QED) is 0.491. The predicted molar refractivity (Wildman–Crippen MR) is 140 cm³/mol. The average Bonchev–Trinajstić information content (AvgIpc) is 3.54. The number of benzene rings is 1. The summed E-state index contributed by atoms with van der Waals surface area (Å²) in [5, 5.41) is 9.95. The fraction of sp³-hybridized carbons (Fsp3) is 0.750. The van der Waals surface area contributed by atoms with Crippen molar-refractivity contribution in [3.8, 4) is 0 Å². The first kappa shape index (κ1) is 27.5. The zero-order chi connectivity index (χ0) is 26.1. The number of carbonyl (C=O) groups is 1. The van der Waals surface area contributed by atoms with Gasteiger partial charge in [0.25, 0.3) is 0 Å². The van der Waals surface area contributed by atoms with E-state index in [4.69, 9.17) is 0 Å². The summed E-state index contributed by atoms with van der Waals surface area (Å²) in [6, 6.07) is 6.33. The highest BCUT2D eigenvalue weighted by Gasteiger charge is 2.42. The summed E-state index contributed by atoms with van der Waals surface area (Å²) < 4.78 is 38.4. The van der Waals surface area contributed by atoms with Crippen molar-refractivity contribution in [2.75, 3.05) is 38.5 Å². The van der Waals surface area contributed by atoms with Crippen LogP contribution in [-0.4, -0.2) is 78.6 Å². The lowest BCUT2D eigenvalue weighted by molar-refractivity contribution is -0.143. The maximum absolute atomic E-state index is 14.1. The van der Waals surface area contributed by atoms with Gasteiger partial charge in [-0.15, -0.1) is 0 Å². The molecule has 8 heteroatoms. The lowest BCUT2D eigenvalue weighted by Crippen LogP contribution is -2.42. The average molecular weight is 523 g/mol. The molecule has 2 aliphatic heterocycles. The molecule has 3 aliphatic rings. The summed E-state index contributed by atoms with van der Waals surface area (Å²) in [4.78, 5) is 16.7. The SMILES string of the molecule is CC(C)(C)S(=O)(=O)CCC1CCN(C[C@H]2CN([C@H](CC3CC3)C(=O)O)C[C@@H]2c2cccc(F)c2)CC1. The number of hydrogen-bond donors (Lipinski definition) is 1. The molecule has 202 valence electrons. The van der Waals surface area contributed by atoms with Crippen LogP contribution < -0.4 is 0 Å². The van der Waals surface area contributed by atoms with E-state index in [1.165, 1.54) is 6.07 Å². The van der Waals surface area contributed by atoms with E-state index in [-0.39, 0.29) is 23.4 Å². The second kappa shape index (κ2) is 11.1. The molecule has 1 aliphatic carbocycles. The molecule has 0 spiro atoms. The van der Waals surface area contributed by atoms with Crippen molar-refractivity contribution in [2.45, 2.75) is 76.0 Å². The highest BCUT2D eigenvalue weighted by Crippen LogP contribution is 2.39. The number of likely N-dealkylation sites (tertiary alicyclic amines) is 2. The van der Waals surface area contributed by atoms with Gasteiger partial charge in [0.05, 0.1) is 10.5 Å². The summed E-state index contributed by atoms with van der Waals surface area (Å²) in [7, 11) is -3.09. The fourth-order valence-electron chi connectivity index (χ4n) is 5.95. The molecule has 0 radical (unpaired) electrons. The minimum atomic E-state index is -3.09. The predicted octanol–water partition coefficient (Wildman–Crippen LogP) is 4.41. The Bertz CT molecular complexity index is 1010. The van der Waals surface area contributed by atoms with Crippen molar-refractivity contribution in [1.29, 1.82) is 0 Å². The first-order valence-electron chi connectivity index (χ1n) is 13.6. The van der Waals surface area contributed by atoms with Crippen molar-refractivity contribution < 1.29 is 22.7 Å². The number of aliphatic carboxylic acids is 1. The van der Waals surface area contributed by atoms with Gasteiger partial charge in [-0.25, -0.2) is 12.8 Å². The van der Waals surface area contributed by atoms with E-state index in [1.54, 1.807) is 32.9 Å². The topological polar surface area (TPSA) is 77.9 Å². The van der Waals surface area contributed by atoms with Crippen LogP contribution in [0.2, 0.25) is 0 Å². The molecule has 1 aromatic carbocycles. The van der Waals surface area contributed by atoms with Crippen LogP contribution in [0, 0.1) is 23.6 Å². The Labute approximate surface area is 216 Å². The van der Waals surface area contributed by atoms with Gasteiger partial charge in [-0.3, -0.25) is 9.69 Å². The van der Waals surface area contributed by atoms with Crippen LogP contribution in [-0.2, 0) is 14.6 Å². The molecule has 1 saturated carbocycles. The monoisotopic (exact) mass is 522 g/mol. The van der Waals surface area contributed by atoms with Gasteiger partial charge in [-0.1, -0.05) is 25.0 Å². The number of sulfone groups is 1. The molecule has 2 heterocycles. The number of halogens is 1. The van der Waals surface area contributed by atoms with Crippen LogP contribution in [0.25, 0.3) is 0 Å². The molecular formula is C28H43FN2O4S. The van der Waals surface area contributed by atoms with E-state index in [9.17, 15) is 22.7 Å². The van der Waals surface area contributed by atoms with Crippen LogP contribution in [0.4, 0.5) is 4.39 Å². The third kappa shape index (κ3) is 6.87. The van der Waals surface area contributed by atoms with Gasteiger partial charge in [0, 0.05) is 25.6 Å². The standard InChI is InChI=1S/C28H43FN2O4S/c1-28(2,3)36(34,35)14-11-20-9-12-30(13-10-20)17-23-18-31(26(27(32)33)15-21-7-8-21)19-25(23)22-5-4-6-24(29)16-22/h4-6,16,20-21,23,25-26H,7-15,17-19H2,1-3H3,(H,32,33)/t23-,25+,26+/m0/s1. The molecule has 0 unspecified atom stereocenters. The van der Waals surface area contributed by atoms with Gasteiger partial charge >= 0.3 is 5.97 Å². The van der Waals surface area contributed by atoms with E-state index >= 15 is 0 Å². The molecule has 3 atom stereocenters. The van der Waals surface area contributed by atoms with E-state index in [2.05, 4.69) is 9.80 Å². The molecule has 0 amide bonds. The Morgan fingerprint density at radius 3 is 2.39 bits per heavy atom. The van der Waals surface area contributed by atoms with Gasteiger partial charge in [0.2, 0.25) is 0 Å². The zero-order valence-corrected chi connectivity index (χ0v) is 22.9. The molecule has 0 aromatic heterocycles. The van der Waals surface area contributed by atoms with Crippen LogP contribution in [0.3, 0.4) is 0 Å². The Morgan fingerprint density at radius 2 is 1.81 bits per heavy atom. The second-order valence-electron chi connectivity index (χ2n) is 12.4. The van der Waals surface area contributed by atoms with Crippen LogP contribution in [0.15, 0.2) is 24.3 Å². The van der Waals surface area contributed by atoms with Gasteiger partial charge in [0.1, 0.15) is 11.9 Å². The van der Waals surface area contributed by atoms with E-state index in [0.717, 1.165) is 57.3 Å². The summed E-state index contributed by atoms with van der Waals surface area (Å²) in [5.74, 6) is 0.557. The Hall–Kier alpha value is -1.51. The van der Waals surface area contributed by atoms with Crippen LogP contribution in [0.1, 0.15) is 70.8 Å². The molecule has 36 heavy (non-hydrogen) atoms. The fourth-order valence-corrected chi connectivity index (χ4v) is 7.21. The number of piperidine rings is 1. The number of hydrogen-bond acceptors (Lipinski definition) is 5. The maximum Gasteiger partial charge on any atom is 0.320 e. The molecule has 2 saturated heterocycles. The summed E-state index contributed by atoms with van der Waals surface area (Å²) >= 11 is 0. The Morgan fingerprint density at radius 1 is 1.11 bits per heavy atom. The largest absolute Gasteiger partial charge is 0.480 e. The van der Waals surface area contributed by atoms with Crippen molar-refractivity contribution in [3.63, 3.8) is 0 Å². The molecular weight excluding hydrogens is 479 g/mol. The first-order valence-corrected chi connectivity index (χ1v) is 15.2. The molecule has 0 bridgehead atoms. The van der Waals surface area contributed by atoms with Gasteiger partial charge in [-0.05, 0) is 95.0 Å². The van der Waals surface area contributed by atoms with Crippen molar-refractivity contribution in [2.24, 2.45) is 17.8 Å². The second-order valence-corrected chi connectivity index (χ2v) is 15.2. The maximum atomic E-state index is 14.1. The molecule has 3 fully saturated rings. The van der Waals surface area contributed by atoms with Crippen molar-refractivity contribution in [3.05, 3.63) is 35.6 Å². The summed E-state index contributed by atoms with van der Waals surface area (Å²) in [6.45, 7) is 9.39. The van der Waals surface area contributed by atoms with Gasteiger partial charge < -0.3 is 10.0 Å². The number of nitrogens with zero attached hydrogens (tertiary/aromatic N) is 2. The highest BCUT2D eigenvalue weighted by molar-refractivity contribution is 7.92. The number of rotatable bonds is 10. The van der Waals surface area contributed by atoms with Gasteiger partial charge in [-0.2, -0.15) is 0 Å². The molecule has 6 nitrogen and oxygen atoms in total. The van der Waals surface area contributed by atoms with E-state index in [1.807, 2.05) is 6.07 Å². The van der Waals surface area contributed by atoms with Crippen molar-refractivity contribution in [1.82, 2.24) is 9.80 Å². The number of carboxylic acids is 1. The first-order chi connectivity index (χ1) is 16.9. The zero-order valence-electron chi connectivity index (χ0n) is 22.0. The molecule has 1 N–H and O–H groups in total. The lowest BCUT2D eigenvalue weighted by Gasteiger charge is -2.35. The third-order valence-electron chi connectivity index (χ3n) is 8.65. The smallest absolute Gasteiger partial charge is 0.320 e. The number of carboxylic acid groups (broad SMARTS) is 1. The van der Waals surface area contributed by atoms with E-state index < -0.39 is 26.6 Å². The minimum Gasteiger partial charge on any atom is -0.480 e. The highest BCUT2D eigenvalue weighted by atomic mass is 32.2. The van der Waals surface area contributed by atoms with Crippen molar-refractivity contribution >= 4 is 15.8 Å². The molecule has 1 aromatic rings. The molecule has 4 rings (SSSR count). The Kier molecular flexibility index (Phi) is 8.47. The third-order valence-corrected chi connectivity index (χ3v) is 11.3. The van der Waals surface area contributed by atoms with Crippen LogP contribution in [0.5, 0.6) is 0 Å². The Balaban J connectivity index is 1.38.